The van der Waals surface area contributed by atoms with Crippen molar-refractivity contribution in [1.82, 2.24) is 25.5 Å². The molecule has 0 radical (unpaired) electrons. The van der Waals surface area contributed by atoms with Crippen LogP contribution in [-0.2, 0) is 6.61 Å². The van der Waals surface area contributed by atoms with E-state index in [1.165, 1.54) is 0 Å². The third-order valence-electron chi connectivity index (χ3n) is 2.91. The molecule has 0 fully saturated rings. The molecule has 0 bridgehead atoms. The van der Waals surface area contributed by atoms with E-state index in [1.54, 1.807) is 28.9 Å². The largest absolute Gasteiger partial charge is 0.486 e. The van der Waals surface area contributed by atoms with Crippen LogP contribution < -0.4 is 10.1 Å². The molecule has 0 unspecified atom stereocenters. The summed E-state index contributed by atoms with van der Waals surface area (Å²) in [5.41, 5.74) is 0.467. The lowest BCUT2D eigenvalue weighted by atomic mass is 10.2. The number of aliphatic hydroxyl groups excluding tert-OH is 1. The highest BCUT2D eigenvalue weighted by molar-refractivity contribution is 5.94. The molecule has 8 nitrogen and oxygen atoms in total. The van der Waals surface area contributed by atoms with Crippen molar-refractivity contribution in [2.75, 3.05) is 13.2 Å². The van der Waals surface area contributed by atoms with Gasteiger partial charge in [0.2, 0.25) is 0 Å². The number of hydrogen-bond donors (Lipinski definition) is 2. The van der Waals surface area contributed by atoms with E-state index in [1.807, 2.05) is 13.8 Å². The Morgan fingerprint density at radius 2 is 2.27 bits per heavy atom. The average molecular weight is 305 g/mol. The molecule has 2 N–H and O–H groups in total. The third-order valence-corrected chi connectivity index (χ3v) is 2.91. The highest BCUT2D eigenvalue weighted by Gasteiger charge is 2.11. The van der Waals surface area contributed by atoms with Crippen LogP contribution in [0.2, 0.25) is 0 Å². The molecule has 2 aromatic rings. The van der Waals surface area contributed by atoms with Gasteiger partial charge >= 0.3 is 0 Å². The molecule has 8 heteroatoms. The number of amides is 1. The molecule has 2 rings (SSSR count). The highest BCUT2D eigenvalue weighted by atomic mass is 16.5. The number of aliphatic hydroxyl groups is 1. The predicted molar refractivity (Wildman–Crippen MR) is 78.4 cm³/mol. The monoisotopic (exact) mass is 305 g/mol. The van der Waals surface area contributed by atoms with E-state index in [2.05, 4.69) is 20.8 Å². The van der Waals surface area contributed by atoms with E-state index in [0.717, 1.165) is 0 Å². The maximum Gasteiger partial charge on any atom is 0.251 e. The summed E-state index contributed by atoms with van der Waals surface area (Å²) in [4.78, 5) is 11.8. The zero-order valence-corrected chi connectivity index (χ0v) is 12.6. The van der Waals surface area contributed by atoms with Crippen LogP contribution in [0.1, 0.15) is 36.1 Å². The fourth-order valence-corrected chi connectivity index (χ4v) is 1.85. The van der Waals surface area contributed by atoms with Gasteiger partial charge in [0.05, 0.1) is 12.6 Å². The van der Waals surface area contributed by atoms with E-state index in [4.69, 9.17) is 9.84 Å². The number of carbonyl (C=O) groups is 1. The van der Waals surface area contributed by atoms with Crippen LogP contribution in [0.15, 0.2) is 24.3 Å². The Bertz CT molecular complexity index is 626. The van der Waals surface area contributed by atoms with Crippen LogP contribution in [-0.4, -0.2) is 44.4 Å². The van der Waals surface area contributed by atoms with Gasteiger partial charge in [0.15, 0.2) is 5.82 Å². The Morgan fingerprint density at radius 1 is 1.45 bits per heavy atom. The van der Waals surface area contributed by atoms with E-state index in [9.17, 15) is 4.79 Å². The third kappa shape index (κ3) is 4.01. The molecule has 0 atom stereocenters. The molecule has 0 aliphatic carbocycles. The molecular formula is C14H19N5O3. The molecule has 0 aliphatic rings. The number of nitrogens with one attached hydrogen (secondary N) is 1. The van der Waals surface area contributed by atoms with Gasteiger partial charge in [0, 0.05) is 12.1 Å². The zero-order chi connectivity index (χ0) is 15.9. The van der Waals surface area contributed by atoms with E-state index >= 15 is 0 Å². The minimum absolute atomic E-state index is 0.0974. The molecule has 0 saturated carbocycles. The van der Waals surface area contributed by atoms with Crippen molar-refractivity contribution >= 4 is 5.91 Å². The first kappa shape index (κ1) is 15.9. The second kappa shape index (κ2) is 7.51. The number of hydrogen-bond acceptors (Lipinski definition) is 6. The first-order valence-corrected chi connectivity index (χ1v) is 7.00. The van der Waals surface area contributed by atoms with Gasteiger partial charge in [0.25, 0.3) is 5.91 Å². The lowest BCUT2D eigenvalue weighted by Gasteiger charge is -2.10. The number of rotatable bonds is 7. The number of carbonyl (C=O) groups excluding carboxylic acids is 1. The van der Waals surface area contributed by atoms with Crippen molar-refractivity contribution in [3.63, 3.8) is 0 Å². The Hall–Kier alpha value is -2.48. The quantitative estimate of drug-likeness (QED) is 0.774. The first-order valence-electron chi connectivity index (χ1n) is 7.00. The summed E-state index contributed by atoms with van der Waals surface area (Å²) >= 11 is 0. The van der Waals surface area contributed by atoms with Gasteiger partial charge in [-0.3, -0.25) is 4.79 Å². The van der Waals surface area contributed by atoms with Gasteiger partial charge in [-0.25, -0.2) is 4.68 Å². The SMILES string of the molecule is CC(C)n1nnnc1COc1cccc(C(=O)NCCO)c1. The number of benzene rings is 1. The molecule has 0 aliphatic heterocycles. The normalized spacial score (nSPS) is 10.7. The Balaban J connectivity index is 2.01. The maximum atomic E-state index is 11.8. The lowest BCUT2D eigenvalue weighted by Crippen LogP contribution is -2.26. The lowest BCUT2D eigenvalue weighted by molar-refractivity contribution is 0.0944. The van der Waals surface area contributed by atoms with Crippen molar-refractivity contribution in [2.24, 2.45) is 0 Å². The Labute approximate surface area is 128 Å². The summed E-state index contributed by atoms with van der Waals surface area (Å²) in [5, 5.41) is 22.8. The van der Waals surface area contributed by atoms with Crippen molar-refractivity contribution in [1.29, 1.82) is 0 Å². The molecule has 0 saturated heterocycles. The van der Waals surface area contributed by atoms with Crippen LogP contribution in [0.4, 0.5) is 0 Å². The van der Waals surface area contributed by atoms with E-state index in [0.29, 0.717) is 17.1 Å². The molecule has 1 heterocycles. The summed E-state index contributed by atoms with van der Waals surface area (Å²) in [6.45, 7) is 4.29. The summed E-state index contributed by atoms with van der Waals surface area (Å²) in [7, 11) is 0. The van der Waals surface area contributed by atoms with Crippen LogP contribution in [0.3, 0.4) is 0 Å². The minimum Gasteiger partial charge on any atom is -0.486 e. The van der Waals surface area contributed by atoms with Crippen LogP contribution in [0.25, 0.3) is 0 Å². The van der Waals surface area contributed by atoms with Crippen LogP contribution in [0, 0.1) is 0 Å². The molecule has 0 spiro atoms. The molecule has 1 aromatic carbocycles. The van der Waals surface area contributed by atoms with Crippen molar-refractivity contribution in [3.05, 3.63) is 35.7 Å². The maximum absolute atomic E-state index is 11.8. The molecule has 22 heavy (non-hydrogen) atoms. The van der Waals surface area contributed by atoms with Gasteiger partial charge < -0.3 is 15.2 Å². The standard InChI is InChI=1S/C14H19N5O3/c1-10(2)19-13(16-17-18-19)9-22-12-5-3-4-11(8-12)14(21)15-6-7-20/h3-5,8,10,20H,6-7,9H2,1-2H3,(H,15,21). The smallest absolute Gasteiger partial charge is 0.251 e. The van der Waals surface area contributed by atoms with Gasteiger partial charge in [-0.05, 0) is 42.5 Å². The summed E-state index contributed by atoms with van der Waals surface area (Å²) < 4.78 is 7.32. The Morgan fingerprint density at radius 3 is 3.00 bits per heavy atom. The van der Waals surface area contributed by atoms with E-state index in [-0.39, 0.29) is 31.7 Å². The van der Waals surface area contributed by atoms with Gasteiger partial charge in [0.1, 0.15) is 12.4 Å². The van der Waals surface area contributed by atoms with Crippen molar-refractivity contribution in [3.8, 4) is 5.75 Å². The second-order valence-corrected chi connectivity index (χ2v) is 4.93. The fraction of sp³-hybridized carbons (Fsp3) is 0.429. The Kier molecular flexibility index (Phi) is 5.42. The number of nitrogens with zero attached hydrogens (tertiary/aromatic N) is 4. The van der Waals surface area contributed by atoms with Crippen molar-refractivity contribution < 1.29 is 14.6 Å². The van der Waals surface area contributed by atoms with Gasteiger partial charge in [-0.1, -0.05) is 6.07 Å². The number of aromatic nitrogens is 4. The molecule has 1 amide bonds. The first-order chi connectivity index (χ1) is 10.6. The van der Waals surface area contributed by atoms with Crippen LogP contribution in [0.5, 0.6) is 5.75 Å². The summed E-state index contributed by atoms with van der Waals surface area (Å²) in [6, 6.07) is 6.94. The topological polar surface area (TPSA) is 102 Å². The summed E-state index contributed by atoms with van der Waals surface area (Å²) in [6.07, 6.45) is 0. The number of ether oxygens (including phenoxy) is 1. The molecular weight excluding hydrogens is 286 g/mol. The minimum atomic E-state index is -0.258. The second-order valence-electron chi connectivity index (χ2n) is 4.93. The van der Waals surface area contributed by atoms with Gasteiger partial charge in [-0.15, -0.1) is 5.10 Å². The summed E-state index contributed by atoms with van der Waals surface area (Å²) in [5.74, 6) is 0.909. The fourth-order valence-electron chi connectivity index (χ4n) is 1.85. The van der Waals surface area contributed by atoms with Crippen LogP contribution >= 0.6 is 0 Å². The van der Waals surface area contributed by atoms with Crippen molar-refractivity contribution in [2.45, 2.75) is 26.5 Å². The molecule has 1 aromatic heterocycles. The number of tetrazole rings is 1. The van der Waals surface area contributed by atoms with E-state index < -0.39 is 0 Å². The zero-order valence-electron chi connectivity index (χ0n) is 12.6. The molecule has 118 valence electrons. The average Bonchev–Trinajstić information content (AvgIpc) is 2.99. The predicted octanol–water partition coefficient (Wildman–Crippen LogP) is 0.555. The van der Waals surface area contributed by atoms with Gasteiger partial charge in [-0.2, -0.15) is 0 Å². The highest BCUT2D eigenvalue weighted by Crippen LogP contribution is 2.15.